The molecule has 4 aromatic rings. The minimum absolute atomic E-state index is 0.116. The van der Waals surface area contributed by atoms with E-state index >= 15 is 0 Å². The fraction of sp³-hybridized carbons (Fsp3) is 0.120. The summed E-state index contributed by atoms with van der Waals surface area (Å²) in [5.74, 6) is 1.13. The van der Waals surface area contributed by atoms with Gasteiger partial charge in [0.25, 0.3) is 0 Å². The molecule has 0 saturated carbocycles. The molecular formula is C25H23N7O. The molecule has 0 aliphatic heterocycles. The lowest BCUT2D eigenvalue weighted by molar-refractivity contribution is 0.105. The Balaban J connectivity index is 1.46. The van der Waals surface area contributed by atoms with Gasteiger partial charge >= 0.3 is 0 Å². The number of nitriles is 1. The first-order chi connectivity index (χ1) is 16.1. The number of hydrogen-bond acceptors (Lipinski definition) is 8. The van der Waals surface area contributed by atoms with Crippen molar-refractivity contribution in [3.8, 4) is 17.2 Å². The summed E-state index contributed by atoms with van der Waals surface area (Å²) < 4.78 is 5.87. The summed E-state index contributed by atoms with van der Waals surface area (Å²) in [5, 5.41) is 12.1. The molecule has 0 aliphatic rings. The summed E-state index contributed by atoms with van der Waals surface area (Å²) in [6.45, 7) is 1.30. The van der Waals surface area contributed by atoms with E-state index in [1.165, 1.54) is 6.20 Å². The molecule has 2 heterocycles. The zero-order chi connectivity index (χ0) is 23.0. The number of nitrogens with zero attached hydrogens (tertiary/aromatic N) is 4. The van der Waals surface area contributed by atoms with E-state index < -0.39 is 0 Å². The van der Waals surface area contributed by atoms with Gasteiger partial charge < -0.3 is 21.5 Å². The van der Waals surface area contributed by atoms with Crippen LogP contribution in [0.25, 0.3) is 11.1 Å². The van der Waals surface area contributed by atoms with Gasteiger partial charge in [0.05, 0.1) is 24.5 Å². The predicted molar refractivity (Wildman–Crippen MR) is 128 cm³/mol. The molecule has 0 atom stereocenters. The second-order valence-electron chi connectivity index (χ2n) is 7.36. The zero-order valence-corrected chi connectivity index (χ0v) is 17.9. The van der Waals surface area contributed by atoms with Crippen LogP contribution in [0.2, 0.25) is 0 Å². The van der Waals surface area contributed by atoms with Crippen molar-refractivity contribution in [3.63, 3.8) is 0 Å². The van der Waals surface area contributed by atoms with Gasteiger partial charge in [0.15, 0.2) is 0 Å². The first kappa shape index (κ1) is 21.7. The molecule has 0 spiro atoms. The van der Waals surface area contributed by atoms with Crippen LogP contribution in [-0.2, 0) is 24.5 Å². The highest BCUT2D eigenvalue weighted by atomic mass is 16.5. The molecule has 2 aromatic carbocycles. The van der Waals surface area contributed by atoms with Crippen LogP contribution in [0.5, 0.6) is 0 Å². The molecule has 5 N–H and O–H groups in total. The van der Waals surface area contributed by atoms with Gasteiger partial charge in [0.2, 0.25) is 5.95 Å². The number of aromatic nitrogens is 3. The first-order valence-corrected chi connectivity index (χ1v) is 10.4. The Labute approximate surface area is 191 Å². The van der Waals surface area contributed by atoms with Gasteiger partial charge in [-0.05, 0) is 28.8 Å². The summed E-state index contributed by atoms with van der Waals surface area (Å²) in [7, 11) is 0. The van der Waals surface area contributed by atoms with Crippen LogP contribution in [0.4, 0.5) is 17.6 Å². The Morgan fingerprint density at radius 1 is 0.879 bits per heavy atom. The van der Waals surface area contributed by atoms with Gasteiger partial charge in [0, 0.05) is 18.3 Å². The van der Waals surface area contributed by atoms with Crippen LogP contribution >= 0.6 is 0 Å². The van der Waals surface area contributed by atoms with Crippen LogP contribution in [0.15, 0.2) is 72.9 Å². The Morgan fingerprint density at radius 3 is 2.36 bits per heavy atom. The predicted octanol–water partition coefficient (Wildman–Crippen LogP) is 3.90. The second kappa shape index (κ2) is 10.2. The molecule has 0 amide bonds. The number of ether oxygens (including phenoxy) is 1. The van der Waals surface area contributed by atoms with Crippen molar-refractivity contribution in [2.45, 2.75) is 19.8 Å². The van der Waals surface area contributed by atoms with E-state index in [9.17, 15) is 0 Å². The number of nitrogens with two attached hydrogens (primary N) is 2. The number of hydrogen-bond donors (Lipinski definition) is 3. The quantitative estimate of drug-likeness (QED) is 0.377. The third-order valence-corrected chi connectivity index (χ3v) is 4.99. The standard InChI is InChI=1S/C25H23N7O/c26-12-19-8-11-22(30-14-19)29-13-17-6-9-20(10-7-17)23-21(31-25(28)32-24(23)27)16-33-15-18-4-2-1-3-5-18/h1-11,14H,13,15-16H2,(H,29,30)(H4,27,28,31,32). The van der Waals surface area contributed by atoms with E-state index in [0.29, 0.717) is 41.6 Å². The van der Waals surface area contributed by atoms with Crippen molar-refractivity contribution in [1.29, 1.82) is 5.26 Å². The smallest absolute Gasteiger partial charge is 0.222 e. The highest BCUT2D eigenvalue weighted by Gasteiger charge is 2.14. The number of benzene rings is 2. The summed E-state index contributed by atoms with van der Waals surface area (Å²) in [6.07, 6.45) is 1.54. The number of nitrogens with one attached hydrogen (secondary N) is 1. The SMILES string of the molecule is N#Cc1ccc(NCc2ccc(-c3c(N)nc(N)nc3COCc3ccccc3)cc2)nc1. The van der Waals surface area contributed by atoms with Crippen LogP contribution in [0.1, 0.15) is 22.4 Å². The van der Waals surface area contributed by atoms with E-state index in [1.54, 1.807) is 12.1 Å². The van der Waals surface area contributed by atoms with Crippen molar-refractivity contribution in [2.24, 2.45) is 0 Å². The van der Waals surface area contributed by atoms with Crippen molar-refractivity contribution >= 4 is 17.6 Å². The number of rotatable bonds is 8. The molecule has 4 rings (SSSR count). The molecule has 8 nitrogen and oxygen atoms in total. The molecule has 0 unspecified atom stereocenters. The topological polar surface area (TPSA) is 136 Å². The van der Waals surface area contributed by atoms with Crippen LogP contribution in [-0.4, -0.2) is 15.0 Å². The zero-order valence-electron chi connectivity index (χ0n) is 17.9. The maximum absolute atomic E-state index is 8.87. The molecule has 164 valence electrons. The van der Waals surface area contributed by atoms with Crippen molar-refractivity contribution in [1.82, 2.24) is 15.0 Å². The van der Waals surface area contributed by atoms with Crippen LogP contribution < -0.4 is 16.8 Å². The molecule has 0 radical (unpaired) electrons. The molecule has 0 bridgehead atoms. The largest absolute Gasteiger partial charge is 0.383 e. The molecule has 33 heavy (non-hydrogen) atoms. The molecule has 0 fully saturated rings. The summed E-state index contributed by atoms with van der Waals surface area (Å²) in [5.41, 5.74) is 16.9. The third kappa shape index (κ3) is 5.61. The van der Waals surface area contributed by atoms with Gasteiger partial charge in [0.1, 0.15) is 17.7 Å². The van der Waals surface area contributed by atoms with Crippen molar-refractivity contribution in [2.75, 3.05) is 16.8 Å². The van der Waals surface area contributed by atoms with E-state index in [0.717, 1.165) is 16.7 Å². The molecule has 0 saturated heterocycles. The molecule has 2 aromatic heterocycles. The van der Waals surface area contributed by atoms with Gasteiger partial charge in [-0.25, -0.2) is 9.97 Å². The van der Waals surface area contributed by atoms with Gasteiger partial charge in [-0.2, -0.15) is 10.2 Å². The van der Waals surface area contributed by atoms with Crippen LogP contribution in [0, 0.1) is 11.3 Å². The fourth-order valence-electron chi connectivity index (χ4n) is 3.35. The fourth-order valence-corrected chi connectivity index (χ4v) is 3.35. The van der Waals surface area contributed by atoms with Gasteiger partial charge in [-0.1, -0.05) is 54.6 Å². The molecule has 8 heteroatoms. The van der Waals surface area contributed by atoms with Gasteiger partial charge in [-0.3, -0.25) is 0 Å². The van der Waals surface area contributed by atoms with E-state index in [2.05, 4.69) is 26.3 Å². The van der Waals surface area contributed by atoms with Crippen LogP contribution in [0.3, 0.4) is 0 Å². The summed E-state index contributed by atoms with van der Waals surface area (Å²) in [6, 6.07) is 23.4. The summed E-state index contributed by atoms with van der Waals surface area (Å²) in [4.78, 5) is 12.7. The number of pyridine rings is 1. The average molecular weight is 438 g/mol. The molecule has 0 aliphatic carbocycles. The first-order valence-electron chi connectivity index (χ1n) is 10.4. The van der Waals surface area contributed by atoms with Crippen molar-refractivity contribution < 1.29 is 4.74 Å². The number of nitrogen functional groups attached to an aromatic ring is 2. The van der Waals surface area contributed by atoms with E-state index in [1.807, 2.05) is 54.6 Å². The number of anilines is 3. The minimum atomic E-state index is 0.116. The maximum atomic E-state index is 8.87. The Morgan fingerprint density at radius 2 is 1.67 bits per heavy atom. The maximum Gasteiger partial charge on any atom is 0.222 e. The van der Waals surface area contributed by atoms with E-state index in [4.69, 9.17) is 21.5 Å². The summed E-state index contributed by atoms with van der Waals surface area (Å²) >= 11 is 0. The Kier molecular flexibility index (Phi) is 6.73. The lowest BCUT2D eigenvalue weighted by Crippen LogP contribution is -2.08. The normalized spacial score (nSPS) is 10.5. The minimum Gasteiger partial charge on any atom is -0.383 e. The lowest BCUT2D eigenvalue weighted by atomic mass is 10.0. The highest BCUT2D eigenvalue weighted by molar-refractivity contribution is 5.76. The third-order valence-electron chi connectivity index (χ3n) is 4.99. The van der Waals surface area contributed by atoms with Gasteiger partial charge in [-0.15, -0.1) is 0 Å². The second-order valence-corrected chi connectivity index (χ2v) is 7.36. The Hall–Kier alpha value is -4.48. The highest BCUT2D eigenvalue weighted by Crippen LogP contribution is 2.29. The van der Waals surface area contributed by atoms with Crippen molar-refractivity contribution in [3.05, 3.63) is 95.3 Å². The Bertz CT molecular complexity index is 1250. The molecular weight excluding hydrogens is 414 g/mol. The average Bonchev–Trinajstić information content (AvgIpc) is 2.84. The monoisotopic (exact) mass is 437 g/mol. The lowest BCUT2D eigenvalue weighted by Gasteiger charge is -2.13. The van der Waals surface area contributed by atoms with E-state index in [-0.39, 0.29) is 12.6 Å².